The fourth-order valence-corrected chi connectivity index (χ4v) is 4.42. The molecule has 1 saturated heterocycles. The molecule has 2 aromatic carbocycles. The molecule has 1 amide bonds. The van der Waals surface area contributed by atoms with Crippen LogP contribution in [-0.4, -0.2) is 31.8 Å². The molecule has 1 aliphatic rings. The van der Waals surface area contributed by atoms with E-state index in [0.717, 1.165) is 22.0 Å². The zero-order valence-corrected chi connectivity index (χ0v) is 17.1. The van der Waals surface area contributed by atoms with Crippen LogP contribution in [0.1, 0.15) is 11.1 Å². The quantitative estimate of drug-likeness (QED) is 0.419. The molecule has 0 unspecified atom stereocenters. The summed E-state index contributed by atoms with van der Waals surface area (Å²) < 4.78 is 2.55. The predicted molar refractivity (Wildman–Crippen MR) is 117 cm³/mol. The molecule has 1 aromatic heterocycles. The molecule has 4 rings (SSSR count). The lowest BCUT2D eigenvalue weighted by Crippen LogP contribution is -2.22. The van der Waals surface area contributed by atoms with Gasteiger partial charge in [-0.1, -0.05) is 71.4 Å². The molecule has 4 nitrogen and oxygen atoms in total. The smallest absolute Gasteiger partial charge is 0.259 e. The van der Waals surface area contributed by atoms with E-state index in [1.165, 1.54) is 16.8 Å². The first-order valence-corrected chi connectivity index (χ1v) is 10.2. The van der Waals surface area contributed by atoms with Gasteiger partial charge in [0, 0.05) is 38.3 Å². The average Bonchev–Trinajstić information content (AvgIpc) is 3.17. The van der Waals surface area contributed by atoms with Crippen molar-refractivity contribution in [1.29, 1.82) is 0 Å². The molecule has 136 valence electrons. The molecule has 0 N–H and O–H groups in total. The lowest BCUT2D eigenvalue weighted by Gasteiger charge is -2.09. The van der Waals surface area contributed by atoms with Crippen molar-refractivity contribution in [2.75, 3.05) is 5.75 Å². The van der Waals surface area contributed by atoms with E-state index in [4.69, 9.17) is 35.4 Å². The third-order valence-corrected chi connectivity index (χ3v) is 6.30. The number of carbonyl (C=O) groups is 1. The molecule has 0 spiro atoms. The maximum absolute atomic E-state index is 11.9. The molecule has 3 aromatic rings. The van der Waals surface area contributed by atoms with Gasteiger partial charge in [-0.05, 0) is 18.2 Å². The van der Waals surface area contributed by atoms with Crippen molar-refractivity contribution in [2.24, 2.45) is 5.10 Å². The van der Waals surface area contributed by atoms with E-state index in [0.29, 0.717) is 26.7 Å². The largest absolute Gasteiger partial charge is 0.342 e. The van der Waals surface area contributed by atoms with Crippen LogP contribution in [0.4, 0.5) is 0 Å². The van der Waals surface area contributed by atoms with E-state index < -0.39 is 0 Å². The molecule has 0 atom stereocenters. The number of hydrazone groups is 1. The number of thioether (sulfide) groups is 1. The zero-order valence-electron chi connectivity index (χ0n) is 13.9. The van der Waals surface area contributed by atoms with Crippen LogP contribution in [0.2, 0.25) is 10.0 Å². The van der Waals surface area contributed by atoms with Gasteiger partial charge in [-0.2, -0.15) is 10.1 Å². The number of para-hydroxylation sites is 1. The van der Waals surface area contributed by atoms with E-state index >= 15 is 0 Å². The highest BCUT2D eigenvalue weighted by molar-refractivity contribution is 8.23. The second-order valence-electron chi connectivity index (χ2n) is 5.93. The zero-order chi connectivity index (χ0) is 19.0. The number of nitrogens with zero attached hydrogens (tertiary/aromatic N) is 3. The number of thiocarbonyl (C=S) groups is 1. The number of hydrogen-bond acceptors (Lipinski definition) is 4. The van der Waals surface area contributed by atoms with Crippen molar-refractivity contribution < 1.29 is 4.79 Å². The Morgan fingerprint density at radius 2 is 1.89 bits per heavy atom. The standard InChI is InChI=1S/C19H13Cl2N3OS2/c20-15-5-3-6-16(21)14(15)10-23-9-12(13-4-1-2-7-17(13)23)8-22-24-18(25)11-27-19(24)26/h1-9H,10-11H2/b22-8-. The predicted octanol–water partition coefficient (Wildman–Crippen LogP) is 5.19. The number of benzene rings is 2. The summed E-state index contributed by atoms with van der Waals surface area (Å²) in [5, 5.41) is 7.84. The number of carbonyl (C=O) groups excluding carboxylic acids is 1. The SMILES string of the molecule is O=C1CSC(=S)N1/N=C\c1cn(Cc2c(Cl)cccc2Cl)c2ccccc12. The summed E-state index contributed by atoms with van der Waals surface area (Å²) in [7, 11) is 0. The maximum atomic E-state index is 11.9. The Labute approximate surface area is 175 Å². The molecule has 0 saturated carbocycles. The van der Waals surface area contributed by atoms with Crippen LogP contribution in [0.25, 0.3) is 10.9 Å². The van der Waals surface area contributed by atoms with E-state index in [9.17, 15) is 4.79 Å². The highest BCUT2D eigenvalue weighted by Gasteiger charge is 2.26. The number of amides is 1. The Kier molecular flexibility index (Phi) is 5.23. The molecule has 8 heteroatoms. The lowest BCUT2D eigenvalue weighted by molar-refractivity contribution is -0.123. The van der Waals surface area contributed by atoms with Gasteiger partial charge in [-0.15, -0.1) is 0 Å². The first-order chi connectivity index (χ1) is 13.0. The van der Waals surface area contributed by atoms with Gasteiger partial charge in [0.15, 0.2) is 4.32 Å². The number of fused-ring (bicyclic) bond motifs is 1. The Morgan fingerprint density at radius 3 is 2.59 bits per heavy atom. The van der Waals surface area contributed by atoms with Crippen molar-refractivity contribution in [1.82, 2.24) is 9.58 Å². The third kappa shape index (κ3) is 3.62. The third-order valence-electron chi connectivity index (χ3n) is 4.25. The number of halogens is 2. The van der Waals surface area contributed by atoms with Gasteiger partial charge < -0.3 is 4.57 Å². The normalized spacial score (nSPS) is 14.8. The van der Waals surface area contributed by atoms with E-state index in [1.807, 2.05) is 48.7 Å². The summed E-state index contributed by atoms with van der Waals surface area (Å²) >= 11 is 19.2. The monoisotopic (exact) mass is 433 g/mol. The van der Waals surface area contributed by atoms with Gasteiger partial charge in [0.1, 0.15) is 0 Å². The summed E-state index contributed by atoms with van der Waals surface area (Å²) in [6.45, 7) is 0.532. The summed E-state index contributed by atoms with van der Waals surface area (Å²) in [6.07, 6.45) is 3.65. The molecule has 1 fully saturated rings. The van der Waals surface area contributed by atoms with Gasteiger partial charge in [0.25, 0.3) is 5.91 Å². The second-order valence-corrected chi connectivity index (χ2v) is 8.36. The summed E-state index contributed by atoms with van der Waals surface area (Å²) in [6, 6.07) is 13.5. The van der Waals surface area contributed by atoms with Gasteiger partial charge in [-0.25, -0.2) is 0 Å². The van der Waals surface area contributed by atoms with Crippen LogP contribution in [0.15, 0.2) is 53.8 Å². The summed E-state index contributed by atoms with van der Waals surface area (Å²) in [5.41, 5.74) is 2.78. The second kappa shape index (κ2) is 7.64. The summed E-state index contributed by atoms with van der Waals surface area (Å²) in [4.78, 5) is 11.9. The van der Waals surface area contributed by atoms with Crippen LogP contribution in [-0.2, 0) is 11.3 Å². The van der Waals surface area contributed by atoms with E-state index in [2.05, 4.69) is 9.67 Å². The molecule has 1 aliphatic heterocycles. The van der Waals surface area contributed by atoms with Gasteiger partial charge >= 0.3 is 0 Å². The van der Waals surface area contributed by atoms with Gasteiger partial charge in [-0.3, -0.25) is 4.79 Å². The maximum Gasteiger partial charge on any atom is 0.259 e. The molecular formula is C19H13Cl2N3OS2. The van der Waals surface area contributed by atoms with Crippen molar-refractivity contribution >= 4 is 74.5 Å². The number of hydrogen-bond donors (Lipinski definition) is 0. The molecule has 0 radical (unpaired) electrons. The Balaban J connectivity index is 1.73. The van der Waals surface area contributed by atoms with Crippen molar-refractivity contribution in [2.45, 2.75) is 6.54 Å². The van der Waals surface area contributed by atoms with Crippen LogP contribution < -0.4 is 0 Å². The van der Waals surface area contributed by atoms with Crippen molar-refractivity contribution in [3.05, 3.63) is 69.8 Å². The molecule has 0 aliphatic carbocycles. The molecule has 27 heavy (non-hydrogen) atoms. The van der Waals surface area contributed by atoms with Crippen molar-refractivity contribution in [3.63, 3.8) is 0 Å². The minimum atomic E-state index is -0.104. The van der Waals surface area contributed by atoms with Crippen LogP contribution in [0.5, 0.6) is 0 Å². The number of aromatic nitrogens is 1. The highest BCUT2D eigenvalue weighted by atomic mass is 35.5. The average molecular weight is 434 g/mol. The van der Waals surface area contributed by atoms with Crippen molar-refractivity contribution in [3.8, 4) is 0 Å². The Bertz CT molecular complexity index is 1060. The highest BCUT2D eigenvalue weighted by Crippen LogP contribution is 2.28. The molecule has 2 heterocycles. The fourth-order valence-electron chi connectivity index (χ4n) is 2.94. The topological polar surface area (TPSA) is 37.6 Å². The minimum absolute atomic E-state index is 0.104. The Hall–Kier alpha value is -1.86. The first-order valence-electron chi connectivity index (χ1n) is 8.09. The minimum Gasteiger partial charge on any atom is -0.342 e. The van der Waals surface area contributed by atoms with Gasteiger partial charge in [0.05, 0.1) is 18.5 Å². The lowest BCUT2D eigenvalue weighted by atomic mass is 10.2. The van der Waals surface area contributed by atoms with Crippen LogP contribution in [0, 0.1) is 0 Å². The van der Waals surface area contributed by atoms with E-state index in [1.54, 1.807) is 6.21 Å². The van der Waals surface area contributed by atoms with Crippen LogP contribution >= 0.6 is 47.2 Å². The molecule has 0 bridgehead atoms. The van der Waals surface area contributed by atoms with E-state index in [-0.39, 0.29) is 5.91 Å². The molecular weight excluding hydrogens is 421 g/mol. The Morgan fingerprint density at radius 1 is 1.15 bits per heavy atom. The van der Waals surface area contributed by atoms with Crippen LogP contribution in [0.3, 0.4) is 0 Å². The summed E-state index contributed by atoms with van der Waals surface area (Å²) in [5.74, 6) is 0.232. The first kappa shape index (κ1) is 18.5. The fraction of sp³-hybridized carbons (Fsp3) is 0.105. The number of rotatable bonds is 4. The van der Waals surface area contributed by atoms with Gasteiger partial charge in [0.2, 0.25) is 0 Å².